The topological polar surface area (TPSA) is 71.3 Å². The fourth-order valence-electron chi connectivity index (χ4n) is 3.52. The predicted molar refractivity (Wildman–Crippen MR) is 130 cm³/mol. The maximum Gasteiger partial charge on any atom is 0.191 e. The number of halogens is 1. The normalized spacial score (nSPS) is 15.3. The van der Waals surface area contributed by atoms with Crippen molar-refractivity contribution in [3.05, 3.63) is 48.4 Å². The molecule has 0 saturated carbocycles. The zero-order valence-corrected chi connectivity index (χ0v) is 20.1. The summed E-state index contributed by atoms with van der Waals surface area (Å²) in [5, 5.41) is 6.79. The van der Waals surface area contributed by atoms with E-state index in [1.54, 1.807) is 20.4 Å². The van der Waals surface area contributed by atoms with E-state index < -0.39 is 0 Å². The van der Waals surface area contributed by atoms with E-state index in [4.69, 9.17) is 13.9 Å². The molecule has 8 heteroatoms. The molecule has 3 rings (SSSR count). The molecule has 1 aromatic heterocycles. The molecule has 0 aliphatic carbocycles. The molecule has 2 heterocycles. The third-order valence-corrected chi connectivity index (χ3v) is 5.06. The Kier molecular flexibility index (Phi) is 10.9. The van der Waals surface area contributed by atoms with Gasteiger partial charge in [-0.3, -0.25) is 9.89 Å². The van der Waals surface area contributed by atoms with Crippen LogP contribution >= 0.6 is 24.0 Å². The second-order valence-corrected chi connectivity index (χ2v) is 7.04. The van der Waals surface area contributed by atoms with Crippen molar-refractivity contribution < 1.29 is 13.9 Å². The lowest BCUT2D eigenvalue weighted by Gasteiger charge is -2.26. The second kappa shape index (κ2) is 13.4. The summed E-state index contributed by atoms with van der Waals surface area (Å²) in [6.45, 7) is 4.38. The highest BCUT2D eigenvalue weighted by Crippen LogP contribution is 2.24. The van der Waals surface area contributed by atoms with Crippen molar-refractivity contribution in [1.82, 2.24) is 15.5 Å². The first-order chi connectivity index (χ1) is 14.3. The van der Waals surface area contributed by atoms with Gasteiger partial charge in [-0.2, -0.15) is 0 Å². The van der Waals surface area contributed by atoms with Crippen LogP contribution in [0.2, 0.25) is 0 Å². The summed E-state index contributed by atoms with van der Waals surface area (Å²) >= 11 is 0. The maximum absolute atomic E-state index is 5.78. The molecular formula is C22H33IN4O3. The summed E-state index contributed by atoms with van der Waals surface area (Å²) < 4.78 is 16.7. The van der Waals surface area contributed by atoms with E-state index in [9.17, 15) is 0 Å². The smallest absolute Gasteiger partial charge is 0.191 e. The van der Waals surface area contributed by atoms with E-state index in [1.807, 2.05) is 30.3 Å². The summed E-state index contributed by atoms with van der Waals surface area (Å²) in [6, 6.07) is 11.9. The van der Waals surface area contributed by atoms with E-state index in [0.717, 1.165) is 55.8 Å². The SMILES string of the molecule is CN=C(NCCCOc1cccc(OC)c1)NCC(c1ccco1)N1CCCC1.I. The molecule has 1 aromatic carbocycles. The lowest BCUT2D eigenvalue weighted by Crippen LogP contribution is -2.43. The highest BCUT2D eigenvalue weighted by atomic mass is 127. The monoisotopic (exact) mass is 528 g/mol. The molecular weight excluding hydrogens is 495 g/mol. The van der Waals surface area contributed by atoms with Gasteiger partial charge >= 0.3 is 0 Å². The quantitative estimate of drug-likeness (QED) is 0.212. The molecule has 1 atom stereocenters. The third kappa shape index (κ3) is 7.39. The molecule has 2 N–H and O–H groups in total. The molecule has 1 unspecified atom stereocenters. The molecule has 1 fully saturated rings. The average molecular weight is 528 g/mol. The van der Waals surface area contributed by atoms with Crippen molar-refractivity contribution in [3.63, 3.8) is 0 Å². The Labute approximate surface area is 196 Å². The van der Waals surface area contributed by atoms with Gasteiger partial charge in [-0.1, -0.05) is 6.07 Å². The fraction of sp³-hybridized carbons (Fsp3) is 0.500. The molecule has 30 heavy (non-hydrogen) atoms. The largest absolute Gasteiger partial charge is 0.497 e. The lowest BCUT2D eigenvalue weighted by atomic mass is 10.2. The van der Waals surface area contributed by atoms with Gasteiger partial charge in [0.2, 0.25) is 0 Å². The Bertz CT molecular complexity index is 749. The Morgan fingerprint density at radius 1 is 1.17 bits per heavy atom. The molecule has 1 aliphatic rings. The minimum Gasteiger partial charge on any atom is -0.497 e. The van der Waals surface area contributed by atoms with Crippen molar-refractivity contribution in [3.8, 4) is 11.5 Å². The highest BCUT2D eigenvalue weighted by Gasteiger charge is 2.25. The van der Waals surface area contributed by atoms with Crippen LogP contribution in [0.4, 0.5) is 0 Å². The number of hydrogen-bond donors (Lipinski definition) is 2. The van der Waals surface area contributed by atoms with Crippen LogP contribution in [0, 0.1) is 0 Å². The molecule has 0 spiro atoms. The van der Waals surface area contributed by atoms with Crippen molar-refractivity contribution in [1.29, 1.82) is 0 Å². The summed E-state index contributed by atoms with van der Waals surface area (Å²) in [5.41, 5.74) is 0. The van der Waals surface area contributed by atoms with Gasteiger partial charge in [-0.25, -0.2) is 0 Å². The molecule has 7 nitrogen and oxygen atoms in total. The first-order valence-electron chi connectivity index (χ1n) is 10.3. The van der Waals surface area contributed by atoms with Gasteiger partial charge in [0.05, 0.1) is 26.0 Å². The summed E-state index contributed by atoms with van der Waals surface area (Å²) in [5.74, 6) is 3.41. The molecule has 166 valence electrons. The number of nitrogens with zero attached hydrogens (tertiary/aromatic N) is 2. The van der Waals surface area contributed by atoms with Gasteiger partial charge in [0, 0.05) is 26.2 Å². The zero-order valence-electron chi connectivity index (χ0n) is 17.8. The molecule has 2 aromatic rings. The number of methoxy groups -OCH3 is 1. The van der Waals surface area contributed by atoms with Gasteiger partial charge < -0.3 is 24.5 Å². The summed E-state index contributed by atoms with van der Waals surface area (Å²) in [7, 11) is 3.45. The van der Waals surface area contributed by atoms with Crippen LogP contribution in [0.15, 0.2) is 52.1 Å². The van der Waals surface area contributed by atoms with Gasteiger partial charge in [-0.15, -0.1) is 24.0 Å². The van der Waals surface area contributed by atoms with Gasteiger partial charge in [0.1, 0.15) is 17.3 Å². The summed E-state index contributed by atoms with van der Waals surface area (Å²) in [4.78, 5) is 6.81. The minimum absolute atomic E-state index is 0. The fourth-order valence-corrected chi connectivity index (χ4v) is 3.52. The van der Waals surface area contributed by atoms with Crippen molar-refractivity contribution in [2.75, 3.05) is 46.9 Å². The Morgan fingerprint density at radius 3 is 2.67 bits per heavy atom. The number of aliphatic imine (C=N–C) groups is 1. The van der Waals surface area contributed by atoms with Crippen LogP contribution in [0.3, 0.4) is 0 Å². The van der Waals surface area contributed by atoms with Gasteiger partial charge in [0.25, 0.3) is 0 Å². The van der Waals surface area contributed by atoms with Crippen LogP contribution in [-0.2, 0) is 0 Å². The van der Waals surface area contributed by atoms with Crippen molar-refractivity contribution in [2.45, 2.75) is 25.3 Å². The number of hydrogen-bond acceptors (Lipinski definition) is 5. The number of benzene rings is 1. The number of furan rings is 1. The Hall–Kier alpha value is -1.94. The van der Waals surface area contributed by atoms with Crippen LogP contribution in [0.5, 0.6) is 11.5 Å². The zero-order chi connectivity index (χ0) is 20.3. The maximum atomic E-state index is 5.78. The van der Waals surface area contributed by atoms with E-state index in [0.29, 0.717) is 6.61 Å². The number of ether oxygens (including phenoxy) is 2. The molecule has 1 saturated heterocycles. The first kappa shape index (κ1) is 24.3. The average Bonchev–Trinajstić information content (AvgIpc) is 3.47. The molecule has 0 bridgehead atoms. The van der Waals surface area contributed by atoms with Gasteiger partial charge in [-0.05, 0) is 56.6 Å². The molecule has 0 radical (unpaired) electrons. The van der Waals surface area contributed by atoms with Gasteiger partial charge in [0.15, 0.2) is 5.96 Å². The van der Waals surface area contributed by atoms with E-state index in [-0.39, 0.29) is 30.0 Å². The molecule has 1 aliphatic heterocycles. The van der Waals surface area contributed by atoms with Crippen LogP contribution in [-0.4, -0.2) is 57.8 Å². The number of rotatable bonds is 10. The van der Waals surface area contributed by atoms with Crippen LogP contribution in [0.25, 0.3) is 0 Å². The second-order valence-electron chi connectivity index (χ2n) is 7.04. The number of likely N-dealkylation sites (tertiary alicyclic amines) is 1. The minimum atomic E-state index is 0. The number of nitrogens with one attached hydrogen (secondary N) is 2. The molecule has 0 amide bonds. The predicted octanol–water partition coefficient (Wildman–Crippen LogP) is 3.68. The Balaban J connectivity index is 0.00000320. The van der Waals surface area contributed by atoms with Crippen LogP contribution < -0.4 is 20.1 Å². The Morgan fingerprint density at radius 2 is 1.97 bits per heavy atom. The summed E-state index contributed by atoms with van der Waals surface area (Å²) in [6.07, 6.45) is 5.11. The van der Waals surface area contributed by atoms with E-state index in [2.05, 4.69) is 26.6 Å². The first-order valence-corrected chi connectivity index (χ1v) is 10.3. The highest BCUT2D eigenvalue weighted by molar-refractivity contribution is 14.0. The number of guanidine groups is 1. The van der Waals surface area contributed by atoms with E-state index >= 15 is 0 Å². The van der Waals surface area contributed by atoms with E-state index in [1.165, 1.54) is 12.8 Å². The third-order valence-electron chi connectivity index (χ3n) is 5.06. The standard InChI is InChI=1S/C22H32N4O3.HI/c1-23-22(24-11-7-15-28-19-9-5-8-18(16-19)27-2)25-17-20(21-10-6-14-29-21)26-12-3-4-13-26;/h5-6,8-10,14,16,20H,3-4,7,11-13,15,17H2,1-2H3,(H2,23,24,25);1H. The van der Waals surface area contributed by atoms with Crippen molar-refractivity contribution in [2.24, 2.45) is 4.99 Å². The van der Waals surface area contributed by atoms with Crippen LogP contribution in [0.1, 0.15) is 31.1 Å². The lowest BCUT2D eigenvalue weighted by molar-refractivity contribution is 0.215. The van der Waals surface area contributed by atoms with Crippen molar-refractivity contribution >= 4 is 29.9 Å².